The van der Waals surface area contributed by atoms with Crippen LogP contribution in [0.15, 0.2) is 60.9 Å². The number of aromatic nitrogens is 3. The third-order valence-corrected chi connectivity index (χ3v) is 5.30. The second-order valence-corrected chi connectivity index (χ2v) is 8.05. The first kappa shape index (κ1) is 21.8. The molecule has 0 aliphatic heterocycles. The Morgan fingerprint density at radius 3 is 2.47 bits per heavy atom. The van der Waals surface area contributed by atoms with Gasteiger partial charge in [0.15, 0.2) is 5.82 Å². The molecule has 4 rings (SSSR count). The van der Waals surface area contributed by atoms with Crippen molar-refractivity contribution in [2.45, 2.75) is 6.42 Å². The zero-order valence-electron chi connectivity index (χ0n) is 18.4. The largest absolute Gasteiger partial charge is 0.359 e. The highest BCUT2D eigenvalue weighted by atomic mass is 19.1. The van der Waals surface area contributed by atoms with Gasteiger partial charge in [-0.15, -0.1) is 0 Å². The maximum absolute atomic E-state index is 14.4. The summed E-state index contributed by atoms with van der Waals surface area (Å²) in [6.07, 6.45) is 4.39. The van der Waals surface area contributed by atoms with Gasteiger partial charge >= 0.3 is 0 Å². The molecule has 32 heavy (non-hydrogen) atoms. The Morgan fingerprint density at radius 1 is 0.875 bits per heavy atom. The highest BCUT2D eigenvalue weighted by molar-refractivity contribution is 5.93. The van der Waals surface area contributed by atoms with Gasteiger partial charge in [0, 0.05) is 42.5 Å². The molecule has 2 aromatic heterocycles. The molecule has 0 spiro atoms. The van der Waals surface area contributed by atoms with Gasteiger partial charge in [0.1, 0.15) is 17.5 Å². The number of benzene rings is 2. The SMILES string of the molecule is CN(C)CCCN(C)c1nc(-c2cccnc2)nc2cc(-c3cc(F)ccc3F)ccc12. The maximum Gasteiger partial charge on any atom is 0.163 e. The van der Waals surface area contributed by atoms with Crippen molar-refractivity contribution in [3.8, 4) is 22.5 Å². The van der Waals surface area contributed by atoms with Crippen LogP contribution in [0.4, 0.5) is 14.6 Å². The van der Waals surface area contributed by atoms with Crippen molar-refractivity contribution in [1.82, 2.24) is 19.9 Å². The molecule has 0 bridgehead atoms. The highest BCUT2D eigenvalue weighted by Gasteiger charge is 2.15. The van der Waals surface area contributed by atoms with Crippen LogP contribution in [0.5, 0.6) is 0 Å². The first-order valence-electron chi connectivity index (χ1n) is 10.5. The Morgan fingerprint density at radius 2 is 1.72 bits per heavy atom. The van der Waals surface area contributed by atoms with Crippen LogP contribution in [-0.4, -0.2) is 54.1 Å². The van der Waals surface area contributed by atoms with E-state index < -0.39 is 11.6 Å². The van der Waals surface area contributed by atoms with Crippen molar-refractivity contribution in [2.24, 2.45) is 0 Å². The summed E-state index contributed by atoms with van der Waals surface area (Å²) in [6.45, 7) is 1.78. The number of fused-ring (bicyclic) bond motifs is 1. The van der Waals surface area contributed by atoms with Crippen LogP contribution < -0.4 is 4.90 Å². The van der Waals surface area contributed by atoms with Crippen LogP contribution in [0.2, 0.25) is 0 Å². The van der Waals surface area contributed by atoms with Crippen LogP contribution in [0.1, 0.15) is 6.42 Å². The predicted octanol–water partition coefficient (Wildman–Crippen LogP) is 5.02. The monoisotopic (exact) mass is 433 g/mol. The van der Waals surface area contributed by atoms with E-state index in [4.69, 9.17) is 9.97 Å². The van der Waals surface area contributed by atoms with Gasteiger partial charge < -0.3 is 9.80 Å². The van der Waals surface area contributed by atoms with Gasteiger partial charge in [-0.2, -0.15) is 0 Å². The van der Waals surface area contributed by atoms with Crippen LogP contribution in [-0.2, 0) is 0 Å². The summed E-state index contributed by atoms with van der Waals surface area (Å²) < 4.78 is 28.2. The van der Waals surface area contributed by atoms with E-state index in [1.165, 1.54) is 6.07 Å². The predicted molar refractivity (Wildman–Crippen MR) is 125 cm³/mol. The molecule has 0 saturated carbocycles. The quantitative estimate of drug-likeness (QED) is 0.409. The summed E-state index contributed by atoms with van der Waals surface area (Å²) in [5.41, 5.74) is 2.22. The van der Waals surface area contributed by atoms with Gasteiger partial charge in [0.25, 0.3) is 0 Å². The van der Waals surface area contributed by atoms with Crippen molar-refractivity contribution in [3.63, 3.8) is 0 Å². The second-order valence-electron chi connectivity index (χ2n) is 8.05. The smallest absolute Gasteiger partial charge is 0.163 e. The average Bonchev–Trinajstić information content (AvgIpc) is 2.79. The molecule has 164 valence electrons. The molecule has 0 atom stereocenters. The fourth-order valence-electron chi connectivity index (χ4n) is 3.64. The molecule has 5 nitrogen and oxygen atoms in total. The van der Waals surface area contributed by atoms with Gasteiger partial charge in [-0.25, -0.2) is 18.7 Å². The Balaban J connectivity index is 1.83. The molecule has 0 saturated heterocycles. The Kier molecular flexibility index (Phi) is 6.37. The Hall–Kier alpha value is -3.45. The molecular weight excluding hydrogens is 408 g/mol. The molecule has 0 amide bonds. The zero-order valence-corrected chi connectivity index (χ0v) is 18.4. The molecular formula is C25H25F2N5. The number of rotatable bonds is 7. The number of hydrogen-bond donors (Lipinski definition) is 0. The molecule has 7 heteroatoms. The first-order valence-corrected chi connectivity index (χ1v) is 10.5. The average molecular weight is 434 g/mol. The molecule has 2 heterocycles. The molecule has 0 aliphatic carbocycles. The van der Waals surface area contributed by atoms with E-state index in [9.17, 15) is 8.78 Å². The van der Waals surface area contributed by atoms with Gasteiger partial charge in [0.2, 0.25) is 0 Å². The fourth-order valence-corrected chi connectivity index (χ4v) is 3.64. The van der Waals surface area contributed by atoms with Crippen molar-refractivity contribution >= 4 is 16.7 Å². The Bertz CT molecular complexity index is 1230. The minimum atomic E-state index is -0.485. The fraction of sp³-hybridized carbons (Fsp3) is 0.240. The maximum atomic E-state index is 14.4. The molecule has 2 aromatic carbocycles. The van der Waals surface area contributed by atoms with E-state index >= 15 is 0 Å². The minimum absolute atomic E-state index is 0.203. The highest BCUT2D eigenvalue weighted by Crippen LogP contribution is 2.32. The van der Waals surface area contributed by atoms with Gasteiger partial charge in [-0.1, -0.05) is 6.07 Å². The van der Waals surface area contributed by atoms with Crippen molar-refractivity contribution < 1.29 is 8.78 Å². The lowest BCUT2D eigenvalue weighted by Crippen LogP contribution is -2.24. The van der Waals surface area contributed by atoms with Crippen LogP contribution in [0.3, 0.4) is 0 Å². The van der Waals surface area contributed by atoms with Gasteiger partial charge in [-0.3, -0.25) is 4.98 Å². The van der Waals surface area contributed by atoms with E-state index in [-0.39, 0.29) is 5.56 Å². The number of halogens is 2. The van der Waals surface area contributed by atoms with E-state index in [0.717, 1.165) is 48.4 Å². The molecule has 0 unspecified atom stereocenters. The third kappa shape index (κ3) is 4.73. The summed E-state index contributed by atoms with van der Waals surface area (Å²) in [5.74, 6) is 0.366. The summed E-state index contributed by atoms with van der Waals surface area (Å²) in [7, 11) is 6.10. The van der Waals surface area contributed by atoms with Gasteiger partial charge in [-0.05, 0) is 75.1 Å². The van der Waals surface area contributed by atoms with E-state index in [0.29, 0.717) is 16.9 Å². The van der Waals surface area contributed by atoms with Crippen molar-refractivity contribution in [2.75, 3.05) is 39.1 Å². The number of nitrogens with zero attached hydrogens (tertiary/aromatic N) is 5. The van der Waals surface area contributed by atoms with E-state index in [1.54, 1.807) is 24.5 Å². The third-order valence-electron chi connectivity index (χ3n) is 5.30. The normalized spacial score (nSPS) is 11.3. The van der Waals surface area contributed by atoms with Crippen LogP contribution >= 0.6 is 0 Å². The first-order chi connectivity index (χ1) is 15.4. The lowest BCUT2D eigenvalue weighted by atomic mass is 10.0. The summed E-state index contributed by atoms with van der Waals surface area (Å²) in [4.78, 5) is 18.0. The second kappa shape index (κ2) is 9.36. The van der Waals surface area contributed by atoms with E-state index in [1.807, 2.05) is 39.3 Å². The van der Waals surface area contributed by atoms with Crippen LogP contribution in [0.25, 0.3) is 33.4 Å². The lowest BCUT2D eigenvalue weighted by molar-refractivity contribution is 0.401. The Labute approximate surface area is 186 Å². The molecule has 4 aromatic rings. The van der Waals surface area contributed by atoms with Crippen molar-refractivity contribution in [1.29, 1.82) is 0 Å². The molecule has 0 radical (unpaired) electrons. The lowest BCUT2D eigenvalue weighted by Gasteiger charge is -2.22. The molecule has 0 N–H and O–H groups in total. The van der Waals surface area contributed by atoms with Crippen molar-refractivity contribution in [3.05, 3.63) is 72.6 Å². The molecule has 0 aliphatic rings. The van der Waals surface area contributed by atoms with Crippen LogP contribution in [0, 0.1) is 11.6 Å². The zero-order chi connectivity index (χ0) is 22.7. The summed E-state index contributed by atoms with van der Waals surface area (Å²) >= 11 is 0. The standard InChI is InChI=1S/C25H25F2N5/c1-31(2)12-5-13-32(3)25-20-9-7-17(21-15-19(26)8-10-22(21)27)14-23(20)29-24(30-25)18-6-4-11-28-16-18/h4,6-11,14-16H,5,12-13H2,1-3H3. The summed E-state index contributed by atoms with van der Waals surface area (Å²) in [6, 6.07) is 12.6. The topological polar surface area (TPSA) is 45.2 Å². The van der Waals surface area contributed by atoms with Gasteiger partial charge in [0.05, 0.1) is 5.52 Å². The van der Waals surface area contributed by atoms with E-state index in [2.05, 4.69) is 14.8 Å². The number of pyridine rings is 1. The molecule has 0 fully saturated rings. The minimum Gasteiger partial charge on any atom is -0.359 e. The number of hydrogen-bond acceptors (Lipinski definition) is 5. The number of anilines is 1. The summed E-state index contributed by atoms with van der Waals surface area (Å²) in [5, 5.41) is 0.852.